The maximum Gasteiger partial charge on any atom is 0.266 e. The molecule has 2 aromatic rings. The highest BCUT2D eigenvalue weighted by atomic mass is 79.9. The van der Waals surface area contributed by atoms with Crippen LogP contribution >= 0.6 is 15.9 Å². The molecule has 1 N–H and O–H groups in total. The largest absolute Gasteiger partial charge is 0.490 e. The fraction of sp³-hybridized carbons (Fsp3) is 0.143. The third-order valence-electron chi connectivity index (χ3n) is 3.41. The lowest BCUT2D eigenvalue weighted by molar-refractivity contribution is -0.112. The van der Waals surface area contributed by atoms with E-state index in [2.05, 4.69) is 27.2 Å². The van der Waals surface area contributed by atoms with Gasteiger partial charge in [0.05, 0.1) is 11.1 Å². The fourth-order valence-electron chi connectivity index (χ4n) is 2.24. The minimum absolute atomic E-state index is 0.0668. The lowest BCUT2D eigenvalue weighted by Gasteiger charge is -2.13. The van der Waals surface area contributed by atoms with Gasteiger partial charge in [-0.25, -0.2) is 4.39 Å². The van der Waals surface area contributed by atoms with Gasteiger partial charge in [-0.1, -0.05) is 5.92 Å². The van der Waals surface area contributed by atoms with Crippen molar-refractivity contribution in [2.45, 2.75) is 6.92 Å². The van der Waals surface area contributed by atoms with Crippen molar-refractivity contribution in [3.8, 4) is 29.9 Å². The molecule has 0 radical (unpaired) electrons. The Morgan fingerprint density at radius 1 is 1.32 bits per heavy atom. The number of nitrogens with one attached hydrogen (secondary N) is 1. The highest BCUT2D eigenvalue weighted by molar-refractivity contribution is 9.10. The highest BCUT2D eigenvalue weighted by Gasteiger charge is 2.14. The van der Waals surface area contributed by atoms with Gasteiger partial charge in [0, 0.05) is 5.69 Å². The predicted octanol–water partition coefficient (Wildman–Crippen LogP) is 4.54. The molecule has 5 nitrogen and oxygen atoms in total. The van der Waals surface area contributed by atoms with Crippen LogP contribution in [0.15, 0.2) is 46.4 Å². The summed E-state index contributed by atoms with van der Waals surface area (Å²) in [5.74, 6) is 2.21. The van der Waals surface area contributed by atoms with E-state index in [4.69, 9.17) is 15.9 Å². The van der Waals surface area contributed by atoms with E-state index in [1.54, 1.807) is 12.1 Å². The van der Waals surface area contributed by atoms with Gasteiger partial charge in [0.15, 0.2) is 11.5 Å². The van der Waals surface area contributed by atoms with E-state index in [1.807, 2.05) is 13.0 Å². The van der Waals surface area contributed by atoms with Gasteiger partial charge in [0.2, 0.25) is 0 Å². The molecule has 142 valence electrons. The summed E-state index contributed by atoms with van der Waals surface area (Å²) in [6.45, 7) is 2.28. The van der Waals surface area contributed by atoms with Crippen molar-refractivity contribution in [2.75, 3.05) is 18.5 Å². The van der Waals surface area contributed by atoms with Gasteiger partial charge in [0.25, 0.3) is 5.91 Å². The molecule has 0 bridgehead atoms. The van der Waals surface area contributed by atoms with Crippen molar-refractivity contribution in [3.63, 3.8) is 0 Å². The van der Waals surface area contributed by atoms with Crippen LogP contribution < -0.4 is 14.8 Å². The average molecular weight is 443 g/mol. The summed E-state index contributed by atoms with van der Waals surface area (Å²) >= 11 is 3.39. The number of carbonyl (C=O) groups excluding carboxylic acids is 1. The number of anilines is 1. The number of hydrogen-bond donors (Lipinski definition) is 1. The number of benzene rings is 2. The van der Waals surface area contributed by atoms with Crippen LogP contribution in [0.4, 0.5) is 10.1 Å². The molecule has 2 rings (SSSR count). The number of rotatable bonds is 7. The van der Waals surface area contributed by atoms with E-state index < -0.39 is 11.7 Å². The van der Waals surface area contributed by atoms with Crippen molar-refractivity contribution < 1.29 is 18.7 Å². The second kappa shape index (κ2) is 10.1. The molecule has 0 spiro atoms. The summed E-state index contributed by atoms with van der Waals surface area (Å²) in [6, 6.07) is 10.4. The lowest BCUT2D eigenvalue weighted by atomic mass is 10.1. The summed E-state index contributed by atoms with van der Waals surface area (Å²) in [5.41, 5.74) is 0.798. The number of halogens is 2. The van der Waals surface area contributed by atoms with E-state index in [0.29, 0.717) is 33.8 Å². The number of ether oxygens (including phenoxy) is 2. The Morgan fingerprint density at radius 2 is 2.04 bits per heavy atom. The van der Waals surface area contributed by atoms with Crippen LogP contribution in [0.1, 0.15) is 12.5 Å². The van der Waals surface area contributed by atoms with Gasteiger partial charge in [-0.2, -0.15) is 5.26 Å². The second-order valence-corrected chi connectivity index (χ2v) is 6.24. The normalized spacial score (nSPS) is 10.5. The zero-order valence-corrected chi connectivity index (χ0v) is 16.5. The first kappa shape index (κ1) is 21.0. The summed E-state index contributed by atoms with van der Waals surface area (Å²) in [4.78, 5) is 12.4. The van der Waals surface area contributed by atoms with Gasteiger partial charge >= 0.3 is 0 Å². The number of nitriles is 1. The minimum Gasteiger partial charge on any atom is -0.490 e. The van der Waals surface area contributed by atoms with Gasteiger partial charge in [-0.15, -0.1) is 6.42 Å². The minimum atomic E-state index is -0.615. The van der Waals surface area contributed by atoms with Crippen LogP contribution in [0.3, 0.4) is 0 Å². The maximum atomic E-state index is 13.0. The van der Waals surface area contributed by atoms with Crippen LogP contribution in [0.25, 0.3) is 6.08 Å². The van der Waals surface area contributed by atoms with Crippen LogP contribution in [-0.4, -0.2) is 19.1 Å². The van der Waals surface area contributed by atoms with Crippen LogP contribution in [0.2, 0.25) is 0 Å². The van der Waals surface area contributed by atoms with Crippen molar-refractivity contribution in [2.24, 2.45) is 0 Å². The average Bonchev–Trinajstić information content (AvgIpc) is 2.67. The molecule has 1 amide bonds. The number of nitrogens with zero attached hydrogens (tertiary/aromatic N) is 1. The number of terminal acetylenes is 1. The van der Waals surface area contributed by atoms with Gasteiger partial charge in [-0.3, -0.25) is 4.79 Å². The summed E-state index contributed by atoms with van der Waals surface area (Å²) in [7, 11) is 0. The Bertz CT molecular complexity index is 973. The fourth-order valence-corrected chi connectivity index (χ4v) is 2.81. The van der Waals surface area contributed by atoms with Crippen molar-refractivity contribution >= 4 is 33.6 Å². The zero-order valence-electron chi connectivity index (χ0n) is 15.0. The van der Waals surface area contributed by atoms with E-state index >= 15 is 0 Å². The SMILES string of the molecule is C#CCOc1c(Br)cc(/C=C(\C#N)C(=O)Nc2ccc(F)cc2)cc1OCC. The Labute approximate surface area is 170 Å². The molecule has 0 saturated heterocycles. The third-order valence-corrected chi connectivity index (χ3v) is 4.00. The number of carbonyl (C=O) groups is 1. The molecular weight excluding hydrogens is 427 g/mol. The third kappa shape index (κ3) is 5.60. The van der Waals surface area contributed by atoms with E-state index in [0.717, 1.165) is 0 Å². The zero-order chi connectivity index (χ0) is 20.5. The molecule has 0 aliphatic carbocycles. The Morgan fingerprint density at radius 3 is 2.64 bits per heavy atom. The predicted molar refractivity (Wildman–Crippen MR) is 108 cm³/mol. The first-order valence-corrected chi connectivity index (χ1v) is 8.99. The second-order valence-electron chi connectivity index (χ2n) is 5.39. The summed E-state index contributed by atoms with van der Waals surface area (Å²) < 4.78 is 24.6. The van der Waals surface area contributed by atoms with Crippen LogP contribution in [-0.2, 0) is 4.79 Å². The molecule has 0 aromatic heterocycles. The van der Waals surface area contributed by atoms with Crippen LogP contribution in [0.5, 0.6) is 11.5 Å². The molecule has 0 heterocycles. The molecule has 0 unspecified atom stereocenters. The van der Waals surface area contributed by atoms with Crippen molar-refractivity contribution in [1.29, 1.82) is 5.26 Å². The smallest absolute Gasteiger partial charge is 0.266 e. The Hall–Kier alpha value is -3.29. The van der Waals surface area contributed by atoms with E-state index in [1.165, 1.54) is 30.3 Å². The van der Waals surface area contributed by atoms with Gasteiger partial charge < -0.3 is 14.8 Å². The Balaban J connectivity index is 2.32. The molecular formula is C21H16BrFN2O3. The molecule has 0 saturated carbocycles. The maximum absolute atomic E-state index is 13.0. The quantitative estimate of drug-likeness (QED) is 0.388. The topological polar surface area (TPSA) is 71.3 Å². The highest BCUT2D eigenvalue weighted by Crippen LogP contribution is 2.37. The van der Waals surface area contributed by atoms with E-state index in [9.17, 15) is 14.4 Å². The molecule has 0 aliphatic heterocycles. The molecule has 0 atom stereocenters. The summed E-state index contributed by atoms with van der Waals surface area (Å²) in [6.07, 6.45) is 6.64. The lowest BCUT2D eigenvalue weighted by Crippen LogP contribution is -2.13. The van der Waals surface area contributed by atoms with Gasteiger partial charge in [0.1, 0.15) is 24.1 Å². The molecule has 2 aromatic carbocycles. The van der Waals surface area contributed by atoms with Crippen molar-refractivity contribution in [1.82, 2.24) is 0 Å². The molecule has 0 fully saturated rings. The van der Waals surface area contributed by atoms with E-state index in [-0.39, 0.29) is 12.2 Å². The van der Waals surface area contributed by atoms with Crippen LogP contribution in [0, 0.1) is 29.5 Å². The van der Waals surface area contributed by atoms with Gasteiger partial charge in [-0.05, 0) is 70.9 Å². The Kier molecular flexibility index (Phi) is 7.62. The van der Waals surface area contributed by atoms with Crippen molar-refractivity contribution in [3.05, 3.63) is 57.8 Å². The monoisotopic (exact) mass is 442 g/mol. The number of hydrogen-bond acceptors (Lipinski definition) is 4. The molecule has 28 heavy (non-hydrogen) atoms. The molecule has 7 heteroatoms. The standard InChI is InChI=1S/C21H16BrFN2O3/c1-3-9-28-20-18(22)11-14(12-19(20)27-4-2)10-15(13-24)21(26)25-17-7-5-16(23)6-8-17/h1,5-8,10-12H,4,9H2,2H3,(H,25,26)/b15-10+. The first-order chi connectivity index (χ1) is 13.5. The number of amides is 1. The summed E-state index contributed by atoms with van der Waals surface area (Å²) in [5, 5.41) is 11.9. The first-order valence-electron chi connectivity index (χ1n) is 8.19. The molecule has 0 aliphatic rings.